The van der Waals surface area contributed by atoms with Crippen molar-refractivity contribution in [2.24, 2.45) is 17.8 Å². The summed E-state index contributed by atoms with van der Waals surface area (Å²) in [6, 6.07) is 1.43. The third-order valence-electron chi connectivity index (χ3n) is 5.33. The fraction of sp³-hybridized carbons (Fsp3) is 1.00. The summed E-state index contributed by atoms with van der Waals surface area (Å²) in [7, 11) is 2.33. The Balaban J connectivity index is 2.57. The maximum absolute atomic E-state index is 3.84. The quantitative estimate of drug-likeness (QED) is 0.689. The Morgan fingerprint density at radius 3 is 2.62 bits per heavy atom. The predicted molar refractivity (Wildman–Crippen MR) is 98.2 cm³/mol. The van der Waals surface area contributed by atoms with Crippen LogP contribution < -0.4 is 5.32 Å². The lowest BCUT2D eigenvalue weighted by Gasteiger charge is -2.43. The van der Waals surface area contributed by atoms with Gasteiger partial charge in [0.2, 0.25) is 0 Å². The van der Waals surface area contributed by atoms with Gasteiger partial charge in [0.25, 0.3) is 0 Å². The van der Waals surface area contributed by atoms with E-state index in [1.165, 1.54) is 44.5 Å². The van der Waals surface area contributed by atoms with E-state index in [1.807, 2.05) is 11.8 Å². The van der Waals surface area contributed by atoms with Crippen molar-refractivity contribution in [1.82, 2.24) is 10.2 Å². The van der Waals surface area contributed by atoms with Crippen LogP contribution >= 0.6 is 11.8 Å². The molecule has 0 aliphatic heterocycles. The largest absolute Gasteiger partial charge is 0.314 e. The van der Waals surface area contributed by atoms with Gasteiger partial charge in [-0.2, -0.15) is 11.8 Å². The normalized spacial score (nSPS) is 31.6. The van der Waals surface area contributed by atoms with Gasteiger partial charge in [-0.05, 0) is 76.0 Å². The summed E-state index contributed by atoms with van der Waals surface area (Å²) >= 11 is 1.97. The second-order valence-electron chi connectivity index (χ2n) is 7.35. The molecule has 0 spiro atoms. The van der Waals surface area contributed by atoms with E-state index in [-0.39, 0.29) is 0 Å². The minimum atomic E-state index is 0.704. The molecular weight excluding hydrogens is 276 g/mol. The number of thioether (sulfide) groups is 1. The summed E-state index contributed by atoms with van der Waals surface area (Å²) < 4.78 is 0. The van der Waals surface area contributed by atoms with E-state index in [0.717, 1.165) is 23.8 Å². The molecule has 21 heavy (non-hydrogen) atoms. The van der Waals surface area contributed by atoms with Crippen molar-refractivity contribution in [3.63, 3.8) is 0 Å². The molecule has 3 heteroatoms. The van der Waals surface area contributed by atoms with Crippen molar-refractivity contribution in [1.29, 1.82) is 0 Å². The lowest BCUT2D eigenvalue weighted by Crippen LogP contribution is -2.49. The molecular formula is C18H38N2S. The molecule has 5 unspecified atom stereocenters. The Bertz CT molecular complexity index is 272. The highest BCUT2D eigenvalue weighted by atomic mass is 32.2. The summed E-state index contributed by atoms with van der Waals surface area (Å²) in [4.78, 5) is 2.61. The van der Waals surface area contributed by atoms with Crippen LogP contribution in [0.25, 0.3) is 0 Å². The van der Waals surface area contributed by atoms with Gasteiger partial charge in [0.15, 0.2) is 0 Å². The number of hydrogen-bond acceptors (Lipinski definition) is 3. The SMILES string of the molecule is CCCNC1CC(C)CC(C)C1CN(C)C(C)CCSC. The molecule has 1 rings (SSSR count). The van der Waals surface area contributed by atoms with Gasteiger partial charge in [-0.1, -0.05) is 20.8 Å². The van der Waals surface area contributed by atoms with Gasteiger partial charge in [-0.3, -0.25) is 0 Å². The standard InChI is InChI=1S/C18H38N2S/c1-7-9-19-18-12-14(2)11-15(3)17(18)13-20(5)16(4)8-10-21-6/h14-19H,7-13H2,1-6H3. The highest BCUT2D eigenvalue weighted by Gasteiger charge is 2.34. The average Bonchev–Trinajstić information content (AvgIpc) is 2.45. The third-order valence-corrected chi connectivity index (χ3v) is 5.97. The smallest absolute Gasteiger partial charge is 0.0113 e. The van der Waals surface area contributed by atoms with E-state index in [0.29, 0.717) is 6.04 Å². The van der Waals surface area contributed by atoms with Crippen LogP contribution in [0.3, 0.4) is 0 Å². The van der Waals surface area contributed by atoms with Crippen molar-refractivity contribution < 1.29 is 0 Å². The molecule has 1 saturated carbocycles. The Hall–Kier alpha value is 0.270. The van der Waals surface area contributed by atoms with Crippen molar-refractivity contribution in [2.75, 3.05) is 32.1 Å². The first-order valence-corrected chi connectivity index (χ1v) is 10.3. The molecule has 1 aliphatic carbocycles. The fourth-order valence-corrected chi connectivity index (χ4v) is 4.38. The van der Waals surface area contributed by atoms with Crippen molar-refractivity contribution in [3.05, 3.63) is 0 Å². The van der Waals surface area contributed by atoms with E-state index < -0.39 is 0 Å². The molecule has 5 atom stereocenters. The first-order valence-electron chi connectivity index (χ1n) is 8.92. The fourth-order valence-electron chi connectivity index (χ4n) is 3.80. The van der Waals surface area contributed by atoms with Crippen LogP contribution in [0, 0.1) is 17.8 Å². The van der Waals surface area contributed by atoms with Gasteiger partial charge in [0, 0.05) is 18.6 Å². The molecule has 0 aromatic heterocycles. The maximum atomic E-state index is 3.84. The highest BCUT2D eigenvalue weighted by Crippen LogP contribution is 2.34. The zero-order chi connectivity index (χ0) is 15.8. The molecule has 0 heterocycles. The number of nitrogens with zero attached hydrogens (tertiary/aromatic N) is 1. The van der Waals surface area contributed by atoms with Gasteiger partial charge < -0.3 is 10.2 Å². The first kappa shape index (κ1) is 19.3. The molecule has 2 nitrogen and oxygen atoms in total. The minimum absolute atomic E-state index is 0.704. The van der Waals surface area contributed by atoms with Crippen LogP contribution in [0.5, 0.6) is 0 Å². The number of rotatable bonds is 9. The van der Waals surface area contributed by atoms with Crippen molar-refractivity contribution in [2.45, 2.75) is 65.5 Å². The van der Waals surface area contributed by atoms with E-state index >= 15 is 0 Å². The average molecular weight is 315 g/mol. The zero-order valence-electron chi connectivity index (χ0n) is 15.2. The predicted octanol–water partition coefficient (Wildman–Crippen LogP) is 4.11. The summed E-state index contributed by atoms with van der Waals surface area (Å²) in [6.07, 6.45) is 7.53. The summed E-state index contributed by atoms with van der Waals surface area (Å²) in [5.74, 6) is 3.82. The molecule has 0 aromatic carbocycles. The van der Waals surface area contributed by atoms with Gasteiger partial charge in [-0.25, -0.2) is 0 Å². The van der Waals surface area contributed by atoms with Crippen LogP contribution in [-0.4, -0.2) is 49.1 Å². The number of nitrogens with one attached hydrogen (secondary N) is 1. The second kappa shape index (κ2) is 10.1. The monoisotopic (exact) mass is 314 g/mol. The first-order chi connectivity index (χ1) is 9.99. The van der Waals surface area contributed by atoms with Gasteiger partial charge in [0.05, 0.1) is 0 Å². The van der Waals surface area contributed by atoms with E-state index in [2.05, 4.69) is 51.2 Å². The lowest BCUT2D eigenvalue weighted by atomic mass is 9.72. The molecule has 0 radical (unpaired) electrons. The molecule has 0 bridgehead atoms. The van der Waals surface area contributed by atoms with Crippen molar-refractivity contribution >= 4 is 11.8 Å². The number of hydrogen-bond donors (Lipinski definition) is 1. The molecule has 1 aliphatic rings. The summed E-state index contributed by atoms with van der Waals surface area (Å²) in [6.45, 7) is 12.0. The zero-order valence-corrected chi connectivity index (χ0v) is 16.0. The third kappa shape index (κ3) is 6.50. The summed E-state index contributed by atoms with van der Waals surface area (Å²) in [5, 5.41) is 3.84. The minimum Gasteiger partial charge on any atom is -0.314 e. The van der Waals surface area contributed by atoms with Crippen LogP contribution in [0.15, 0.2) is 0 Å². The van der Waals surface area contributed by atoms with Crippen LogP contribution in [0.4, 0.5) is 0 Å². The molecule has 0 saturated heterocycles. The maximum Gasteiger partial charge on any atom is 0.0113 e. The molecule has 1 N–H and O–H groups in total. The van der Waals surface area contributed by atoms with Gasteiger partial charge in [-0.15, -0.1) is 0 Å². The Morgan fingerprint density at radius 1 is 1.29 bits per heavy atom. The van der Waals surface area contributed by atoms with E-state index in [1.54, 1.807) is 0 Å². The molecule has 0 amide bonds. The Morgan fingerprint density at radius 2 is 2.00 bits per heavy atom. The van der Waals surface area contributed by atoms with Crippen LogP contribution in [0.1, 0.15) is 53.4 Å². The van der Waals surface area contributed by atoms with Crippen molar-refractivity contribution in [3.8, 4) is 0 Å². The van der Waals surface area contributed by atoms with Crippen LogP contribution in [0.2, 0.25) is 0 Å². The molecule has 126 valence electrons. The van der Waals surface area contributed by atoms with Gasteiger partial charge in [0.1, 0.15) is 0 Å². The lowest BCUT2D eigenvalue weighted by molar-refractivity contribution is 0.0966. The highest BCUT2D eigenvalue weighted by molar-refractivity contribution is 7.98. The topological polar surface area (TPSA) is 15.3 Å². The second-order valence-corrected chi connectivity index (χ2v) is 8.33. The Labute approximate surface area is 137 Å². The Kier molecular flexibility index (Phi) is 9.31. The van der Waals surface area contributed by atoms with Crippen LogP contribution in [-0.2, 0) is 0 Å². The molecule has 1 fully saturated rings. The van der Waals surface area contributed by atoms with Gasteiger partial charge >= 0.3 is 0 Å². The molecule has 0 aromatic rings. The van der Waals surface area contributed by atoms with E-state index in [9.17, 15) is 0 Å². The van der Waals surface area contributed by atoms with E-state index in [4.69, 9.17) is 0 Å². The summed E-state index contributed by atoms with van der Waals surface area (Å²) in [5.41, 5.74) is 0.